The summed E-state index contributed by atoms with van der Waals surface area (Å²) in [7, 11) is 0. The smallest absolute Gasteiger partial charge is 0.187 e. The van der Waals surface area contributed by atoms with Gasteiger partial charge in [-0.1, -0.05) is 48.2 Å². The van der Waals surface area contributed by atoms with E-state index in [1.807, 2.05) is 31.5 Å². The molecule has 2 N–H and O–H groups in total. The molecule has 0 saturated carbocycles. The molecule has 0 radical (unpaired) electrons. The highest BCUT2D eigenvalue weighted by molar-refractivity contribution is 7.99. The zero-order valence-corrected chi connectivity index (χ0v) is 12.7. The van der Waals surface area contributed by atoms with Gasteiger partial charge in [0, 0.05) is 24.2 Å². The van der Waals surface area contributed by atoms with Crippen LogP contribution < -0.4 is 5.73 Å². The highest BCUT2D eigenvalue weighted by Crippen LogP contribution is 2.23. The summed E-state index contributed by atoms with van der Waals surface area (Å²) in [6, 6.07) is 14.7. The van der Waals surface area contributed by atoms with Gasteiger partial charge in [0.1, 0.15) is 0 Å². The molecule has 0 spiro atoms. The van der Waals surface area contributed by atoms with E-state index in [9.17, 15) is 0 Å². The Morgan fingerprint density at radius 2 is 1.76 bits per heavy atom. The van der Waals surface area contributed by atoms with E-state index in [0.29, 0.717) is 0 Å². The Kier molecular flexibility index (Phi) is 4.18. The minimum atomic E-state index is -0.0236. The first-order valence-corrected chi connectivity index (χ1v) is 7.87. The van der Waals surface area contributed by atoms with Crippen LogP contribution in [-0.2, 0) is 0 Å². The van der Waals surface area contributed by atoms with Crippen LogP contribution in [0.5, 0.6) is 0 Å². The maximum Gasteiger partial charge on any atom is 0.187 e. The van der Waals surface area contributed by atoms with Crippen molar-refractivity contribution < 1.29 is 0 Å². The monoisotopic (exact) mass is 295 g/mol. The predicted molar refractivity (Wildman–Crippen MR) is 88.4 cm³/mol. The molecule has 1 aromatic heterocycles. The van der Waals surface area contributed by atoms with Crippen molar-refractivity contribution >= 4 is 22.5 Å². The standard InChI is InChI=1S/C17H17N3S/c1-12-9-19-17(20-10-12)21-11-16(18)15-7-6-13-4-2-3-5-14(13)8-15/h2-10,16H,11,18H2,1H3. The molecule has 1 heterocycles. The number of rotatable bonds is 4. The molecule has 3 nitrogen and oxygen atoms in total. The van der Waals surface area contributed by atoms with Gasteiger partial charge in [-0.05, 0) is 34.9 Å². The predicted octanol–water partition coefficient (Wildman–Crippen LogP) is 3.73. The van der Waals surface area contributed by atoms with Crippen LogP contribution in [0.4, 0.5) is 0 Å². The molecular formula is C17H17N3S. The first-order valence-electron chi connectivity index (χ1n) is 6.88. The zero-order chi connectivity index (χ0) is 14.7. The molecule has 0 aliphatic rings. The Morgan fingerprint density at radius 3 is 2.52 bits per heavy atom. The summed E-state index contributed by atoms with van der Waals surface area (Å²) in [4.78, 5) is 8.58. The Balaban J connectivity index is 1.71. The van der Waals surface area contributed by atoms with Crippen LogP contribution in [-0.4, -0.2) is 15.7 Å². The molecule has 106 valence electrons. The molecule has 4 heteroatoms. The summed E-state index contributed by atoms with van der Waals surface area (Å²) in [6.45, 7) is 1.98. The van der Waals surface area contributed by atoms with Gasteiger partial charge in [-0.25, -0.2) is 9.97 Å². The van der Waals surface area contributed by atoms with Crippen LogP contribution in [0.3, 0.4) is 0 Å². The Hall–Kier alpha value is -1.91. The maximum atomic E-state index is 6.29. The van der Waals surface area contributed by atoms with Crippen LogP contribution in [0.2, 0.25) is 0 Å². The second kappa shape index (κ2) is 6.24. The van der Waals surface area contributed by atoms with Crippen molar-refractivity contribution in [2.45, 2.75) is 18.1 Å². The molecule has 0 fully saturated rings. The number of thioether (sulfide) groups is 1. The minimum Gasteiger partial charge on any atom is -0.323 e. The van der Waals surface area contributed by atoms with Crippen LogP contribution in [0.15, 0.2) is 60.0 Å². The lowest BCUT2D eigenvalue weighted by atomic mass is 10.0. The van der Waals surface area contributed by atoms with Gasteiger partial charge in [-0.3, -0.25) is 0 Å². The SMILES string of the molecule is Cc1cnc(SCC(N)c2ccc3ccccc3c2)nc1. The lowest BCUT2D eigenvalue weighted by Crippen LogP contribution is -2.13. The molecule has 3 rings (SSSR count). The molecular weight excluding hydrogens is 278 g/mol. The fourth-order valence-electron chi connectivity index (χ4n) is 2.15. The van der Waals surface area contributed by atoms with Gasteiger partial charge in [0.2, 0.25) is 0 Å². The van der Waals surface area contributed by atoms with Crippen LogP contribution in [0, 0.1) is 6.92 Å². The van der Waals surface area contributed by atoms with Crippen molar-refractivity contribution in [1.82, 2.24) is 9.97 Å². The summed E-state index contributed by atoms with van der Waals surface area (Å²) < 4.78 is 0. The summed E-state index contributed by atoms with van der Waals surface area (Å²) in [5.74, 6) is 0.765. The molecule has 0 saturated heterocycles. The number of benzene rings is 2. The van der Waals surface area contributed by atoms with Gasteiger partial charge in [0.05, 0.1) is 0 Å². The number of hydrogen-bond acceptors (Lipinski definition) is 4. The van der Waals surface area contributed by atoms with Crippen molar-refractivity contribution in [2.75, 3.05) is 5.75 Å². The summed E-state index contributed by atoms with van der Waals surface area (Å²) in [6.07, 6.45) is 3.66. The van der Waals surface area contributed by atoms with Crippen molar-refractivity contribution in [3.63, 3.8) is 0 Å². The van der Waals surface area contributed by atoms with Gasteiger partial charge in [0.15, 0.2) is 5.16 Å². The first kappa shape index (κ1) is 14.0. The van der Waals surface area contributed by atoms with E-state index in [0.717, 1.165) is 22.0 Å². The Bertz CT molecular complexity index is 740. The highest BCUT2D eigenvalue weighted by atomic mass is 32.2. The van der Waals surface area contributed by atoms with E-state index < -0.39 is 0 Å². The Morgan fingerprint density at radius 1 is 1.05 bits per heavy atom. The van der Waals surface area contributed by atoms with Gasteiger partial charge in [0.25, 0.3) is 0 Å². The molecule has 0 aliphatic carbocycles. The average Bonchev–Trinajstić information content (AvgIpc) is 2.53. The van der Waals surface area contributed by atoms with E-state index in [1.54, 1.807) is 11.8 Å². The molecule has 0 aliphatic heterocycles. The topological polar surface area (TPSA) is 51.8 Å². The van der Waals surface area contributed by atoms with E-state index in [2.05, 4.69) is 40.3 Å². The van der Waals surface area contributed by atoms with E-state index in [-0.39, 0.29) is 6.04 Å². The van der Waals surface area contributed by atoms with Crippen molar-refractivity contribution in [2.24, 2.45) is 5.73 Å². The van der Waals surface area contributed by atoms with E-state index >= 15 is 0 Å². The number of aromatic nitrogens is 2. The third-order valence-electron chi connectivity index (χ3n) is 3.35. The third-order valence-corrected chi connectivity index (χ3v) is 4.35. The van der Waals surface area contributed by atoms with Crippen molar-refractivity contribution in [3.8, 4) is 0 Å². The van der Waals surface area contributed by atoms with Gasteiger partial charge in [-0.15, -0.1) is 0 Å². The molecule has 2 aromatic carbocycles. The van der Waals surface area contributed by atoms with Gasteiger partial charge < -0.3 is 5.73 Å². The molecule has 0 bridgehead atoms. The molecule has 1 atom stereocenters. The lowest BCUT2D eigenvalue weighted by molar-refractivity contribution is 0.827. The Labute approximate surface area is 128 Å². The molecule has 0 amide bonds. The minimum absolute atomic E-state index is 0.0236. The van der Waals surface area contributed by atoms with E-state index in [1.165, 1.54) is 10.8 Å². The largest absolute Gasteiger partial charge is 0.323 e. The molecule has 1 unspecified atom stereocenters. The second-order valence-electron chi connectivity index (χ2n) is 5.07. The zero-order valence-electron chi connectivity index (χ0n) is 11.9. The number of aryl methyl sites for hydroxylation is 1. The fraction of sp³-hybridized carbons (Fsp3) is 0.176. The highest BCUT2D eigenvalue weighted by Gasteiger charge is 2.08. The summed E-state index contributed by atoms with van der Waals surface area (Å²) >= 11 is 1.59. The summed E-state index contributed by atoms with van der Waals surface area (Å²) in [5.41, 5.74) is 8.50. The lowest BCUT2D eigenvalue weighted by Gasteiger charge is -2.12. The quantitative estimate of drug-likeness (QED) is 0.588. The summed E-state index contributed by atoms with van der Waals surface area (Å²) in [5, 5.41) is 3.24. The van der Waals surface area contributed by atoms with E-state index in [4.69, 9.17) is 5.73 Å². The van der Waals surface area contributed by atoms with Gasteiger partial charge >= 0.3 is 0 Å². The second-order valence-corrected chi connectivity index (χ2v) is 6.05. The van der Waals surface area contributed by atoms with Crippen molar-refractivity contribution in [3.05, 3.63) is 66.0 Å². The average molecular weight is 295 g/mol. The number of fused-ring (bicyclic) bond motifs is 1. The fourth-order valence-corrected chi connectivity index (χ4v) is 2.93. The number of hydrogen-bond donors (Lipinski definition) is 1. The van der Waals surface area contributed by atoms with Gasteiger partial charge in [-0.2, -0.15) is 0 Å². The third kappa shape index (κ3) is 3.40. The van der Waals surface area contributed by atoms with Crippen LogP contribution >= 0.6 is 11.8 Å². The molecule has 3 aromatic rings. The van der Waals surface area contributed by atoms with Crippen LogP contribution in [0.25, 0.3) is 10.8 Å². The van der Waals surface area contributed by atoms with Crippen molar-refractivity contribution in [1.29, 1.82) is 0 Å². The van der Waals surface area contributed by atoms with Crippen LogP contribution in [0.1, 0.15) is 17.2 Å². The molecule has 21 heavy (non-hydrogen) atoms. The maximum absolute atomic E-state index is 6.29. The first-order chi connectivity index (χ1) is 10.2. The number of nitrogens with two attached hydrogens (primary N) is 1. The number of nitrogens with zero attached hydrogens (tertiary/aromatic N) is 2. The normalized spacial score (nSPS) is 12.5.